The number of carbonyl (C=O) groups excluding carboxylic acids is 1. The number of carbonyl (C=O) groups is 2. The van der Waals surface area contributed by atoms with Gasteiger partial charge in [-0.1, -0.05) is 12.1 Å². The van der Waals surface area contributed by atoms with E-state index in [0.717, 1.165) is 5.56 Å². The standard InChI is InChI=1S/C21H19FN4O4/c22-16-3-7-18(8-4-16)26-12-15(11-23-26)20(27)24-17-5-1-14(2-6-17)19-13-25(21(28)29)9-10-30-19/h1-8,11-12,19H,9-10,13H2,(H,24,27)(H,28,29). The van der Waals surface area contributed by atoms with Crippen LogP contribution in [0, 0.1) is 5.82 Å². The zero-order valence-corrected chi connectivity index (χ0v) is 15.9. The molecule has 2 aromatic carbocycles. The van der Waals surface area contributed by atoms with Crippen molar-refractivity contribution in [3.05, 3.63) is 77.9 Å². The highest BCUT2D eigenvalue weighted by atomic mass is 19.1. The summed E-state index contributed by atoms with van der Waals surface area (Å²) in [7, 11) is 0. The predicted molar refractivity (Wildman–Crippen MR) is 106 cm³/mol. The van der Waals surface area contributed by atoms with E-state index in [0.29, 0.717) is 30.1 Å². The van der Waals surface area contributed by atoms with Gasteiger partial charge in [0.2, 0.25) is 0 Å². The summed E-state index contributed by atoms with van der Waals surface area (Å²) < 4.78 is 20.2. The molecule has 2 heterocycles. The van der Waals surface area contributed by atoms with Crippen LogP contribution >= 0.6 is 0 Å². The third-order valence-electron chi connectivity index (χ3n) is 4.81. The summed E-state index contributed by atoms with van der Waals surface area (Å²) in [6.45, 7) is 0.961. The average Bonchev–Trinajstić information content (AvgIpc) is 3.25. The number of aromatic nitrogens is 2. The fourth-order valence-electron chi connectivity index (χ4n) is 3.18. The van der Waals surface area contributed by atoms with Crippen molar-refractivity contribution in [2.24, 2.45) is 0 Å². The smallest absolute Gasteiger partial charge is 0.407 e. The molecule has 0 bridgehead atoms. The SMILES string of the molecule is O=C(Nc1ccc(C2CN(C(=O)O)CCO2)cc1)c1cnn(-c2ccc(F)cc2)c1. The zero-order valence-electron chi connectivity index (χ0n) is 15.9. The van der Waals surface area contributed by atoms with Gasteiger partial charge in [0.15, 0.2) is 0 Å². The first-order valence-corrected chi connectivity index (χ1v) is 9.31. The second-order valence-corrected chi connectivity index (χ2v) is 6.81. The Morgan fingerprint density at radius 1 is 1.13 bits per heavy atom. The largest absolute Gasteiger partial charge is 0.465 e. The number of anilines is 1. The zero-order chi connectivity index (χ0) is 21.1. The lowest BCUT2D eigenvalue weighted by Gasteiger charge is -2.31. The Morgan fingerprint density at radius 2 is 1.87 bits per heavy atom. The molecule has 0 radical (unpaired) electrons. The van der Waals surface area contributed by atoms with E-state index in [9.17, 15) is 14.0 Å². The lowest BCUT2D eigenvalue weighted by Crippen LogP contribution is -2.41. The molecule has 0 aliphatic carbocycles. The summed E-state index contributed by atoms with van der Waals surface area (Å²) in [6.07, 6.45) is 1.69. The second-order valence-electron chi connectivity index (χ2n) is 6.81. The molecule has 2 amide bonds. The van der Waals surface area contributed by atoms with Crippen LogP contribution in [0.15, 0.2) is 60.9 Å². The maximum absolute atomic E-state index is 13.0. The van der Waals surface area contributed by atoms with E-state index in [1.54, 1.807) is 42.6 Å². The van der Waals surface area contributed by atoms with E-state index in [2.05, 4.69) is 10.4 Å². The summed E-state index contributed by atoms with van der Waals surface area (Å²) >= 11 is 0. The van der Waals surface area contributed by atoms with Gasteiger partial charge < -0.3 is 20.1 Å². The van der Waals surface area contributed by atoms with Gasteiger partial charge in [-0.15, -0.1) is 0 Å². The van der Waals surface area contributed by atoms with Crippen LogP contribution in [-0.4, -0.2) is 51.5 Å². The lowest BCUT2D eigenvalue weighted by atomic mass is 10.1. The number of rotatable bonds is 4. The van der Waals surface area contributed by atoms with Crippen molar-refractivity contribution in [1.29, 1.82) is 0 Å². The van der Waals surface area contributed by atoms with E-state index in [1.807, 2.05) is 0 Å². The minimum Gasteiger partial charge on any atom is -0.465 e. The fraction of sp³-hybridized carbons (Fsp3) is 0.190. The number of hydrogen-bond acceptors (Lipinski definition) is 4. The van der Waals surface area contributed by atoms with Crippen LogP contribution in [0.2, 0.25) is 0 Å². The molecular formula is C21H19FN4O4. The average molecular weight is 410 g/mol. The molecule has 0 saturated carbocycles. The van der Waals surface area contributed by atoms with Crippen LogP contribution < -0.4 is 5.32 Å². The quantitative estimate of drug-likeness (QED) is 0.688. The van der Waals surface area contributed by atoms with Crippen LogP contribution in [-0.2, 0) is 4.74 Å². The molecule has 3 aromatic rings. The molecular weight excluding hydrogens is 391 g/mol. The highest BCUT2D eigenvalue weighted by molar-refractivity contribution is 6.04. The van der Waals surface area contributed by atoms with Gasteiger partial charge in [-0.05, 0) is 42.0 Å². The van der Waals surface area contributed by atoms with Gasteiger partial charge in [0, 0.05) is 18.4 Å². The summed E-state index contributed by atoms with van der Waals surface area (Å²) in [5.41, 5.74) is 2.42. The van der Waals surface area contributed by atoms with E-state index in [4.69, 9.17) is 9.84 Å². The normalized spacial score (nSPS) is 16.3. The van der Waals surface area contributed by atoms with E-state index < -0.39 is 6.09 Å². The van der Waals surface area contributed by atoms with Gasteiger partial charge in [-0.25, -0.2) is 13.9 Å². The Labute approximate surface area is 171 Å². The van der Waals surface area contributed by atoms with Crippen molar-refractivity contribution in [2.45, 2.75) is 6.10 Å². The van der Waals surface area contributed by atoms with Gasteiger partial charge in [0.1, 0.15) is 11.9 Å². The topological polar surface area (TPSA) is 96.7 Å². The number of nitrogens with one attached hydrogen (secondary N) is 1. The molecule has 1 atom stereocenters. The van der Waals surface area contributed by atoms with Crippen molar-refractivity contribution in [1.82, 2.24) is 14.7 Å². The molecule has 1 aromatic heterocycles. The molecule has 1 unspecified atom stereocenters. The minimum absolute atomic E-state index is 0.267. The van der Waals surface area contributed by atoms with Crippen molar-refractivity contribution >= 4 is 17.7 Å². The number of hydrogen-bond donors (Lipinski definition) is 2. The number of benzene rings is 2. The fourth-order valence-corrected chi connectivity index (χ4v) is 3.18. The van der Waals surface area contributed by atoms with E-state index in [1.165, 1.54) is 27.9 Å². The first-order chi connectivity index (χ1) is 14.5. The highest BCUT2D eigenvalue weighted by Crippen LogP contribution is 2.24. The van der Waals surface area contributed by atoms with Gasteiger partial charge in [-0.3, -0.25) is 4.79 Å². The molecule has 4 rings (SSSR count). The third-order valence-corrected chi connectivity index (χ3v) is 4.81. The molecule has 2 N–H and O–H groups in total. The first-order valence-electron chi connectivity index (χ1n) is 9.31. The number of halogens is 1. The Hall–Kier alpha value is -3.72. The first kappa shape index (κ1) is 19.6. The molecule has 1 fully saturated rings. The molecule has 30 heavy (non-hydrogen) atoms. The Bertz CT molecular complexity index is 1050. The molecule has 1 aliphatic heterocycles. The Balaban J connectivity index is 1.40. The maximum atomic E-state index is 13.0. The minimum atomic E-state index is -0.964. The van der Waals surface area contributed by atoms with E-state index >= 15 is 0 Å². The third kappa shape index (κ3) is 4.31. The van der Waals surface area contributed by atoms with Crippen LogP contribution in [0.4, 0.5) is 14.9 Å². The molecule has 1 saturated heterocycles. The van der Waals surface area contributed by atoms with Crippen LogP contribution in [0.1, 0.15) is 22.0 Å². The summed E-state index contributed by atoms with van der Waals surface area (Å²) in [5.74, 6) is -0.677. The summed E-state index contributed by atoms with van der Waals surface area (Å²) in [6, 6.07) is 12.9. The molecule has 9 heteroatoms. The van der Waals surface area contributed by atoms with Crippen molar-refractivity contribution < 1.29 is 23.8 Å². The lowest BCUT2D eigenvalue weighted by molar-refractivity contribution is -0.0231. The maximum Gasteiger partial charge on any atom is 0.407 e. The van der Waals surface area contributed by atoms with E-state index in [-0.39, 0.29) is 24.4 Å². The van der Waals surface area contributed by atoms with Crippen LogP contribution in [0.25, 0.3) is 5.69 Å². The predicted octanol–water partition coefficient (Wildman–Crippen LogP) is 3.32. The monoisotopic (exact) mass is 410 g/mol. The Morgan fingerprint density at radius 3 is 2.57 bits per heavy atom. The number of carboxylic acid groups (broad SMARTS) is 1. The number of morpholine rings is 1. The molecule has 1 aliphatic rings. The van der Waals surface area contributed by atoms with Gasteiger partial charge in [0.25, 0.3) is 5.91 Å². The van der Waals surface area contributed by atoms with Crippen LogP contribution in [0.3, 0.4) is 0 Å². The van der Waals surface area contributed by atoms with Crippen molar-refractivity contribution in [3.8, 4) is 5.69 Å². The molecule has 8 nitrogen and oxygen atoms in total. The number of ether oxygens (including phenoxy) is 1. The van der Waals surface area contributed by atoms with Gasteiger partial charge in [0.05, 0.1) is 30.6 Å². The van der Waals surface area contributed by atoms with Crippen molar-refractivity contribution in [3.63, 3.8) is 0 Å². The highest BCUT2D eigenvalue weighted by Gasteiger charge is 2.25. The number of amides is 2. The molecule has 154 valence electrons. The molecule has 0 spiro atoms. The Kier molecular flexibility index (Phi) is 5.44. The van der Waals surface area contributed by atoms with Gasteiger partial charge in [-0.2, -0.15) is 5.10 Å². The second kappa shape index (κ2) is 8.34. The summed E-state index contributed by atoms with van der Waals surface area (Å²) in [5, 5.41) is 16.1. The number of nitrogens with zero attached hydrogens (tertiary/aromatic N) is 3. The van der Waals surface area contributed by atoms with Crippen LogP contribution in [0.5, 0.6) is 0 Å². The van der Waals surface area contributed by atoms with Crippen molar-refractivity contribution in [2.75, 3.05) is 25.0 Å². The van der Waals surface area contributed by atoms with Gasteiger partial charge >= 0.3 is 6.09 Å². The summed E-state index contributed by atoms with van der Waals surface area (Å²) in [4.78, 5) is 25.0.